The summed E-state index contributed by atoms with van der Waals surface area (Å²) < 4.78 is 1.57. The monoisotopic (exact) mass is 329 g/mol. The number of amides is 1. The van der Waals surface area contributed by atoms with Gasteiger partial charge in [-0.3, -0.25) is 4.79 Å². The molecule has 24 heavy (non-hydrogen) atoms. The Bertz CT molecular complexity index is 669. The van der Waals surface area contributed by atoms with E-state index in [1.54, 1.807) is 11.6 Å². The zero-order valence-corrected chi connectivity index (χ0v) is 13.8. The molecular weight excluding hydrogens is 306 g/mol. The number of nitrogens with zero attached hydrogens (tertiary/aromatic N) is 4. The van der Waals surface area contributed by atoms with Gasteiger partial charge in [0.2, 0.25) is 5.91 Å². The van der Waals surface area contributed by atoms with Crippen molar-refractivity contribution < 1.29 is 9.90 Å². The third-order valence-electron chi connectivity index (χ3n) is 4.49. The van der Waals surface area contributed by atoms with Crippen LogP contribution in [0.3, 0.4) is 0 Å². The van der Waals surface area contributed by atoms with Crippen molar-refractivity contribution in [3.05, 3.63) is 41.7 Å². The highest BCUT2D eigenvalue weighted by Crippen LogP contribution is 2.34. The fourth-order valence-corrected chi connectivity index (χ4v) is 3.00. The lowest BCUT2D eigenvalue weighted by atomic mass is 10.0. The van der Waals surface area contributed by atoms with Crippen molar-refractivity contribution in [3.63, 3.8) is 0 Å². The van der Waals surface area contributed by atoms with Crippen molar-refractivity contribution in [1.82, 2.24) is 25.5 Å². The van der Waals surface area contributed by atoms with Crippen LogP contribution in [-0.2, 0) is 11.2 Å². The van der Waals surface area contributed by atoms with Gasteiger partial charge in [-0.2, -0.15) is 0 Å². The summed E-state index contributed by atoms with van der Waals surface area (Å²) in [6.45, 7) is 1.87. The van der Waals surface area contributed by atoms with E-state index in [-0.39, 0.29) is 18.6 Å². The first-order valence-corrected chi connectivity index (χ1v) is 8.38. The number of rotatable bonds is 8. The SMILES string of the molecule is Cc1nnnn1C(Cc1ccccc1)C(=O)NC(CCO)C1CC1. The van der Waals surface area contributed by atoms with Crippen molar-refractivity contribution >= 4 is 5.91 Å². The maximum absolute atomic E-state index is 12.9. The number of tetrazole rings is 1. The highest BCUT2D eigenvalue weighted by atomic mass is 16.3. The lowest BCUT2D eigenvalue weighted by molar-refractivity contribution is -0.125. The number of carbonyl (C=O) groups excluding carboxylic acids is 1. The molecule has 128 valence electrons. The molecule has 1 amide bonds. The minimum absolute atomic E-state index is 0.0255. The van der Waals surface area contributed by atoms with Crippen molar-refractivity contribution in [2.75, 3.05) is 6.61 Å². The van der Waals surface area contributed by atoms with Crippen molar-refractivity contribution in [2.45, 2.75) is 44.7 Å². The average molecular weight is 329 g/mol. The van der Waals surface area contributed by atoms with Gasteiger partial charge in [-0.15, -0.1) is 5.10 Å². The Morgan fingerprint density at radius 3 is 2.71 bits per heavy atom. The molecule has 2 unspecified atom stereocenters. The maximum atomic E-state index is 12.9. The molecule has 2 aromatic rings. The average Bonchev–Trinajstić information content (AvgIpc) is 3.35. The molecule has 0 radical (unpaired) electrons. The van der Waals surface area contributed by atoms with Gasteiger partial charge in [0.05, 0.1) is 0 Å². The molecule has 1 fully saturated rings. The Morgan fingerprint density at radius 2 is 2.12 bits per heavy atom. The molecule has 0 spiro atoms. The van der Waals surface area contributed by atoms with Crippen LogP contribution in [0.4, 0.5) is 0 Å². The van der Waals surface area contributed by atoms with Gasteiger partial charge >= 0.3 is 0 Å². The van der Waals surface area contributed by atoms with Crippen LogP contribution in [0.1, 0.15) is 36.7 Å². The molecule has 0 saturated heterocycles. The number of aliphatic hydroxyl groups excluding tert-OH is 1. The Hall–Kier alpha value is -2.28. The van der Waals surface area contributed by atoms with E-state index in [0.29, 0.717) is 24.6 Å². The van der Waals surface area contributed by atoms with Crippen LogP contribution < -0.4 is 5.32 Å². The smallest absolute Gasteiger partial charge is 0.245 e. The van der Waals surface area contributed by atoms with Gasteiger partial charge < -0.3 is 10.4 Å². The van der Waals surface area contributed by atoms with Crippen LogP contribution in [-0.4, -0.2) is 43.9 Å². The summed E-state index contributed by atoms with van der Waals surface area (Å²) in [5.41, 5.74) is 1.05. The van der Waals surface area contributed by atoms with Gasteiger partial charge in [-0.05, 0) is 48.1 Å². The molecule has 7 heteroatoms. The molecule has 1 saturated carbocycles. The first kappa shape index (κ1) is 16.6. The van der Waals surface area contributed by atoms with E-state index in [1.807, 2.05) is 30.3 Å². The summed E-state index contributed by atoms with van der Waals surface area (Å²) >= 11 is 0. The molecule has 3 rings (SSSR count). The quantitative estimate of drug-likeness (QED) is 0.755. The summed E-state index contributed by atoms with van der Waals surface area (Å²) in [7, 11) is 0. The van der Waals surface area contributed by atoms with Crippen molar-refractivity contribution in [3.8, 4) is 0 Å². The second-order valence-electron chi connectivity index (χ2n) is 6.34. The van der Waals surface area contributed by atoms with E-state index >= 15 is 0 Å². The van der Waals surface area contributed by atoms with E-state index < -0.39 is 6.04 Å². The van der Waals surface area contributed by atoms with Crippen molar-refractivity contribution in [2.24, 2.45) is 5.92 Å². The van der Waals surface area contributed by atoms with Crippen LogP contribution in [0.25, 0.3) is 0 Å². The predicted octanol–water partition coefficient (Wildman–Crippen LogP) is 1.04. The molecule has 7 nitrogen and oxygen atoms in total. The first-order valence-electron chi connectivity index (χ1n) is 8.38. The van der Waals surface area contributed by atoms with Gasteiger partial charge in [0.1, 0.15) is 11.9 Å². The molecule has 1 aliphatic rings. The topological polar surface area (TPSA) is 92.9 Å². The maximum Gasteiger partial charge on any atom is 0.245 e. The van der Waals surface area contributed by atoms with Gasteiger partial charge in [0.15, 0.2) is 0 Å². The number of carbonyl (C=O) groups is 1. The zero-order valence-electron chi connectivity index (χ0n) is 13.8. The highest BCUT2D eigenvalue weighted by molar-refractivity contribution is 5.81. The standard InChI is InChI=1S/C17H23N5O2/c1-12-19-20-21-22(12)16(11-13-5-3-2-4-6-13)17(24)18-15(9-10-23)14-7-8-14/h2-6,14-16,23H,7-11H2,1H3,(H,18,24). The van der Waals surface area contributed by atoms with Gasteiger partial charge in [-0.25, -0.2) is 4.68 Å². The minimum atomic E-state index is -0.498. The second-order valence-corrected chi connectivity index (χ2v) is 6.34. The number of aromatic nitrogens is 4. The Morgan fingerprint density at radius 1 is 1.38 bits per heavy atom. The largest absolute Gasteiger partial charge is 0.396 e. The van der Waals surface area contributed by atoms with Gasteiger partial charge in [-0.1, -0.05) is 30.3 Å². The first-order chi connectivity index (χ1) is 11.7. The number of hydrogen-bond acceptors (Lipinski definition) is 5. The minimum Gasteiger partial charge on any atom is -0.396 e. The van der Waals surface area contributed by atoms with Gasteiger partial charge in [0, 0.05) is 19.1 Å². The molecule has 2 atom stereocenters. The van der Waals surface area contributed by atoms with E-state index in [2.05, 4.69) is 20.8 Å². The van der Waals surface area contributed by atoms with Crippen LogP contribution >= 0.6 is 0 Å². The van der Waals surface area contributed by atoms with E-state index in [1.165, 1.54) is 0 Å². The number of benzene rings is 1. The van der Waals surface area contributed by atoms with Crippen LogP contribution in [0.2, 0.25) is 0 Å². The zero-order chi connectivity index (χ0) is 16.9. The molecule has 1 aromatic carbocycles. The Kier molecular flexibility index (Phi) is 5.20. The number of hydrogen-bond donors (Lipinski definition) is 2. The molecule has 2 N–H and O–H groups in total. The fourth-order valence-electron chi connectivity index (χ4n) is 3.00. The Balaban J connectivity index is 1.78. The van der Waals surface area contributed by atoms with E-state index in [0.717, 1.165) is 18.4 Å². The van der Waals surface area contributed by atoms with E-state index in [9.17, 15) is 9.90 Å². The molecule has 1 heterocycles. The molecule has 1 aliphatic carbocycles. The molecule has 0 bridgehead atoms. The summed E-state index contributed by atoms with van der Waals surface area (Å²) in [4.78, 5) is 12.9. The van der Waals surface area contributed by atoms with Gasteiger partial charge in [0.25, 0.3) is 0 Å². The normalized spacial score (nSPS) is 16.6. The second kappa shape index (κ2) is 7.53. The number of aryl methyl sites for hydroxylation is 1. The third-order valence-corrected chi connectivity index (χ3v) is 4.49. The highest BCUT2D eigenvalue weighted by Gasteiger charge is 2.34. The lowest BCUT2D eigenvalue weighted by Gasteiger charge is -2.22. The Labute approximate surface area is 141 Å². The summed E-state index contributed by atoms with van der Waals surface area (Å²) in [5.74, 6) is 0.990. The summed E-state index contributed by atoms with van der Waals surface area (Å²) in [5, 5.41) is 23.9. The molecule has 1 aromatic heterocycles. The lowest BCUT2D eigenvalue weighted by Crippen LogP contribution is -2.42. The van der Waals surface area contributed by atoms with Crippen LogP contribution in [0, 0.1) is 12.8 Å². The number of aliphatic hydroxyl groups is 1. The van der Waals surface area contributed by atoms with Crippen LogP contribution in [0.5, 0.6) is 0 Å². The van der Waals surface area contributed by atoms with Crippen molar-refractivity contribution in [1.29, 1.82) is 0 Å². The van der Waals surface area contributed by atoms with E-state index in [4.69, 9.17) is 0 Å². The van der Waals surface area contributed by atoms with Crippen LogP contribution in [0.15, 0.2) is 30.3 Å². The third kappa shape index (κ3) is 3.97. The molecular formula is C17H23N5O2. The fraction of sp³-hybridized carbons (Fsp3) is 0.529. The summed E-state index contributed by atoms with van der Waals surface area (Å²) in [6.07, 6.45) is 3.33. The number of nitrogens with one attached hydrogen (secondary N) is 1. The summed E-state index contributed by atoms with van der Waals surface area (Å²) in [6, 6.07) is 9.37. The molecule has 0 aliphatic heterocycles. The predicted molar refractivity (Wildman–Crippen MR) is 88.1 cm³/mol.